The van der Waals surface area contributed by atoms with Crippen molar-refractivity contribution in [2.75, 3.05) is 10.0 Å². The van der Waals surface area contributed by atoms with E-state index in [2.05, 4.69) is 10.0 Å². The van der Waals surface area contributed by atoms with Crippen LogP contribution in [-0.4, -0.2) is 31.5 Å². The lowest BCUT2D eigenvalue weighted by molar-refractivity contribution is -0.116. The molecule has 1 aliphatic rings. The van der Waals surface area contributed by atoms with Crippen LogP contribution in [0, 0.1) is 0 Å². The zero-order chi connectivity index (χ0) is 20.5. The molecule has 1 aliphatic heterocycles. The Morgan fingerprint density at radius 1 is 1.18 bits per heavy atom. The van der Waals surface area contributed by atoms with Crippen LogP contribution >= 0.6 is 0 Å². The Morgan fingerprint density at radius 3 is 2.61 bits per heavy atom. The molecule has 0 radical (unpaired) electrons. The molecular formula is C19H20N2O6S. The molecule has 1 heterocycles. The number of benzene rings is 2. The number of rotatable bonds is 6. The molecule has 1 amide bonds. The summed E-state index contributed by atoms with van der Waals surface area (Å²) in [6.07, 6.45) is 0.504. The van der Waals surface area contributed by atoms with Crippen LogP contribution in [0.25, 0.3) is 0 Å². The molecule has 148 valence electrons. The minimum atomic E-state index is -4.00. The number of carbonyl (C=O) groups is 2. The van der Waals surface area contributed by atoms with Gasteiger partial charge in [0.2, 0.25) is 5.91 Å². The molecule has 0 aliphatic carbocycles. The molecule has 0 spiro atoms. The van der Waals surface area contributed by atoms with E-state index in [1.165, 1.54) is 30.3 Å². The summed E-state index contributed by atoms with van der Waals surface area (Å²) in [5.74, 6) is -1.06. The molecule has 0 aromatic heterocycles. The first-order chi connectivity index (χ1) is 13.2. The van der Waals surface area contributed by atoms with Gasteiger partial charge in [-0.2, -0.15) is 0 Å². The highest BCUT2D eigenvalue weighted by molar-refractivity contribution is 7.92. The van der Waals surface area contributed by atoms with Gasteiger partial charge >= 0.3 is 5.97 Å². The average Bonchev–Trinajstić information content (AvgIpc) is 2.61. The number of ether oxygens (including phenoxy) is 1. The van der Waals surface area contributed by atoms with Gasteiger partial charge in [0, 0.05) is 12.1 Å². The molecule has 3 rings (SSSR count). The van der Waals surface area contributed by atoms with Crippen molar-refractivity contribution < 1.29 is 27.9 Å². The normalized spacial score (nSPS) is 13.6. The zero-order valence-electron chi connectivity index (χ0n) is 15.4. The molecule has 0 saturated carbocycles. The fourth-order valence-electron chi connectivity index (χ4n) is 2.83. The number of hydrogen-bond acceptors (Lipinski definition) is 5. The van der Waals surface area contributed by atoms with Crippen LogP contribution < -0.4 is 14.8 Å². The maximum Gasteiger partial charge on any atom is 0.335 e. The van der Waals surface area contributed by atoms with E-state index >= 15 is 0 Å². The number of carboxylic acids is 1. The second-order valence-corrected chi connectivity index (χ2v) is 8.34. The highest BCUT2D eigenvalue weighted by Crippen LogP contribution is 2.31. The lowest BCUT2D eigenvalue weighted by atomic mass is 10.0. The monoisotopic (exact) mass is 404 g/mol. The van der Waals surface area contributed by atoms with Crippen LogP contribution in [-0.2, 0) is 21.2 Å². The summed E-state index contributed by atoms with van der Waals surface area (Å²) in [6.45, 7) is 3.56. The number of anilines is 2. The highest BCUT2D eigenvalue weighted by atomic mass is 32.2. The minimum absolute atomic E-state index is 0.0126. The first kappa shape index (κ1) is 19.7. The van der Waals surface area contributed by atoms with Crippen LogP contribution in [0.5, 0.6) is 5.75 Å². The smallest absolute Gasteiger partial charge is 0.335 e. The third-order valence-electron chi connectivity index (χ3n) is 4.12. The summed E-state index contributed by atoms with van der Waals surface area (Å²) < 4.78 is 33.8. The summed E-state index contributed by atoms with van der Waals surface area (Å²) in [7, 11) is -4.00. The standard InChI is InChI=1S/C19H20N2O6S/c1-11(2)27-17-7-3-13(19(23)24)10-16(17)21-28(25,26)14-5-6-15-12(9-14)4-8-18(22)20-15/h3,5-7,9-11,21H,4,8H2,1-2H3,(H,20,22)(H,23,24). The second kappa shape index (κ2) is 7.51. The molecule has 0 atom stereocenters. The molecule has 0 fully saturated rings. The summed E-state index contributed by atoms with van der Waals surface area (Å²) >= 11 is 0. The molecule has 0 saturated heterocycles. The van der Waals surface area contributed by atoms with Crippen LogP contribution in [0.4, 0.5) is 11.4 Å². The first-order valence-electron chi connectivity index (χ1n) is 8.65. The van der Waals surface area contributed by atoms with Gasteiger partial charge in [0.1, 0.15) is 5.75 Å². The average molecular weight is 404 g/mol. The molecule has 2 aromatic rings. The number of carbonyl (C=O) groups excluding carboxylic acids is 1. The molecule has 0 bridgehead atoms. The number of carboxylic acid groups (broad SMARTS) is 1. The molecule has 28 heavy (non-hydrogen) atoms. The maximum atomic E-state index is 12.9. The largest absolute Gasteiger partial charge is 0.489 e. The van der Waals surface area contributed by atoms with E-state index in [9.17, 15) is 23.1 Å². The van der Waals surface area contributed by atoms with E-state index < -0.39 is 16.0 Å². The predicted molar refractivity (Wildman–Crippen MR) is 103 cm³/mol. The van der Waals surface area contributed by atoms with Gasteiger partial charge in [-0.05, 0) is 62.2 Å². The Hall–Kier alpha value is -3.07. The fourth-order valence-corrected chi connectivity index (χ4v) is 3.94. The highest BCUT2D eigenvalue weighted by Gasteiger charge is 2.22. The maximum absolute atomic E-state index is 12.9. The predicted octanol–water partition coefficient (Wildman–Crippen LogP) is 2.86. The minimum Gasteiger partial charge on any atom is -0.489 e. The lowest BCUT2D eigenvalue weighted by Gasteiger charge is -2.19. The summed E-state index contributed by atoms with van der Waals surface area (Å²) in [5, 5.41) is 11.9. The number of nitrogens with one attached hydrogen (secondary N) is 2. The number of fused-ring (bicyclic) bond motifs is 1. The number of aryl methyl sites for hydroxylation is 1. The van der Waals surface area contributed by atoms with Crippen LogP contribution in [0.1, 0.15) is 36.2 Å². The Balaban J connectivity index is 1.96. The van der Waals surface area contributed by atoms with E-state index in [0.29, 0.717) is 12.1 Å². The van der Waals surface area contributed by atoms with Crippen molar-refractivity contribution in [1.29, 1.82) is 0 Å². The van der Waals surface area contributed by atoms with Crippen molar-refractivity contribution >= 4 is 33.3 Å². The zero-order valence-corrected chi connectivity index (χ0v) is 16.2. The van der Waals surface area contributed by atoms with Crippen LogP contribution in [0.15, 0.2) is 41.3 Å². The van der Waals surface area contributed by atoms with Gasteiger partial charge in [0.15, 0.2) is 0 Å². The van der Waals surface area contributed by atoms with Gasteiger partial charge in [-0.15, -0.1) is 0 Å². The van der Waals surface area contributed by atoms with Gasteiger partial charge < -0.3 is 15.2 Å². The van der Waals surface area contributed by atoms with Crippen molar-refractivity contribution in [2.45, 2.75) is 37.7 Å². The SMILES string of the molecule is CC(C)Oc1ccc(C(=O)O)cc1NS(=O)(=O)c1ccc2c(c1)CCC(=O)N2. The third-order valence-corrected chi connectivity index (χ3v) is 5.48. The van der Waals surface area contributed by atoms with E-state index in [0.717, 1.165) is 5.56 Å². The molecule has 0 unspecified atom stereocenters. The quantitative estimate of drug-likeness (QED) is 0.681. The molecular weight excluding hydrogens is 384 g/mol. The number of sulfonamides is 1. The third kappa shape index (κ3) is 4.25. The van der Waals surface area contributed by atoms with Gasteiger partial charge in [0.05, 0.1) is 22.3 Å². The summed E-state index contributed by atoms with van der Waals surface area (Å²) in [4.78, 5) is 22.7. The lowest BCUT2D eigenvalue weighted by Crippen LogP contribution is -2.20. The van der Waals surface area contributed by atoms with E-state index in [-0.39, 0.29) is 40.3 Å². The molecule has 8 nitrogen and oxygen atoms in total. The fraction of sp³-hybridized carbons (Fsp3) is 0.263. The van der Waals surface area contributed by atoms with Gasteiger partial charge in [-0.3, -0.25) is 9.52 Å². The number of hydrogen-bond donors (Lipinski definition) is 3. The van der Waals surface area contributed by atoms with Crippen LogP contribution in [0.3, 0.4) is 0 Å². The van der Waals surface area contributed by atoms with Crippen molar-refractivity contribution in [3.05, 3.63) is 47.5 Å². The first-order valence-corrected chi connectivity index (χ1v) is 10.1. The van der Waals surface area contributed by atoms with Gasteiger partial charge in [0.25, 0.3) is 10.0 Å². The van der Waals surface area contributed by atoms with Gasteiger partial charge in [-0.1, -0.05) is 0 Å². The van der Waals surface area contributed by atoms with Crippen molar-refractivity contribution in [1.82, 2.24) is 0 Å². The van der Waals surface area contributed by atoms with Crippen LogP contribution in [0.2, 0.25) is 0 Å². The molecule has 3 N–H and O–H groups in total. The Kier molecular flexibility index (Phi) is 5.28. The summed E-state index contributed by atoms with van der Waals surface area (Å²) in [6, 6.07) is 8.41. The van der Waals surface area contributed by atoms with Crippen molar-refractivity contribution in [3.8, 4) is 5.75 Å². The molecule has 9 heteroatoms. The van der Waals surface area contributed by atoms with E-state index in [1.54, 1.807) is 19.9 Å². The molecule has 2 aromatic carbocycles. The van der Waals surface area contributed by atoms with Crippen molar-refractivity contribution in [2.24, 2.45) is 0 Å². The van der Waals surface area contributed by atoms with E-state index in [1.807, 2.05) is 0 Å². The Labute approximate surface area is 162 Å². The number of aromatic carboxylic acids is 1. The van der Waals surface area contributed by atoms with Crippen molar-refractivity contribution in [3.63, 3.8) is 0 Å². The van der Waals surface area contributed by atoms with Gasteiger partial charge in [-0.25, -0.2) is 13.2 Å². The Bertz CT molecular complexity index is 1050. The summed E-state index contributed by atoms with van der Waals surface area (Å²) in [5.41, 5.74) is 1.29. The number of amides is 1. The van der Waals surface area contributed by atoms with E-state index in [4.69, 9.17) is 4.74 Å². The topological polar surface area (TPSA) is 122 Å². The Morgan fingerprint density at radius 2 is 1.93 bits per heavy atom. The second-order valence-electron chi connectivity index (χ2n) is 6.66.